The second-order valence-electron chi connectivity index (χ2n) is 5.68. The Bertz CT molecular complexity index is 302. The van der Waals surface area contributed by atoms with E-state index in [0.29, 0.717) is 6.04 Å². The summed E-state index contributed by atoms with van der Waals surface area (Å²) >= 11 is 0. The molecule has 0 saturated carbocycles. The summed E-state index contributed by atoms with van der Waals surface area (Å²) < 4.78 is 0. The van der Waals surface area contributed by atoms with E-state index in [1.54, 1.807) is 0 Å². The predicted octanol–water partition coefficient (Wildman–Crippen LogP) is 1.27. The van der Waals surface area contributed by atoms with Crippen LogP contribution in [0.3, 0.4) is 0 Å². The van der Waals surface area contributed by atoms with E-state index < -0.39 is 0 Å². The van der Waals surface area contributed by atoms with Crippen LogP contribution < -0.4 is 5.73 Å². The number of guanidine groups is 1. The highest BCUT2D eigenvalue weighted by atomic mass is 15.4. The minimum absolute atomic E-state index is 0.213. The quantitative estimate of drug-likeness (QED) is 0.788. The zero-order chi connectivity index (χ0) is 12.5. The Kier molecular flexibility index (Phi) is 3.61. The van der Waals surface area contributed by atoms with Crippen LogP contribution in [0.2, 0.25) is 0 Å². The first kappa shape index (κ1) is 12.7. The molecule has 0 aromatic heterocycles. The fourth-order valence-corrected chi connectivity index (χ4v) is 3.21. The van der Waals surface area contributed by atoms with Crippen molar-refractivity contribution in [2.24, 2.45) is 10.7 Å². The predicted molar refractivity (Wildman–Crippen MR) is 72.2 cm³/mol. The summed E-state index contributed by atoms with van der Waals surface area (Å²) in [6.07, 6.45) is 4.81. The van der Waals surface area contributed by atoms with E-state index in [2.05, 4.69) is 35.7 Å². The maximum Gasteiger partial charge on any atom is 0.192 e. The molecule has 2 aliphatic rings. The Morgan fingerprint density at radius 1 is 1.41 bits per heavy atom. The molecule has 2 unspecified atom stereocenters. The van der Waals surface area contributed by atoms with Gasteiger partial charge in [0.1, 0.15) is 0 Å². The lowest BCUT2D eigenvalue weighted by molar-refractivity contribution is 0.133. The number of nitrogens with zero attached hydrogens (tertiary/aromatic N) is 3. The molecule has 0 aromatic carbocycles. The normalized spacial score (nSPS) is 32.6. The third kappa shape index (κ3) is 2.28. The van der Waals surface area contributed by atoms with E-state index in [1.165, 1.54) is 25.8 Å². The number of aliphatic imine (C=N–C) groups is 1. The van der Waals surface area contributed by atoms with Crippen molar-refractivity contribution in [2.45, 2.75) is 51.1 Å². The monoisotopic (exact) mass is 238 g/mol. The lowest BCUT2D eigenvalue weighted by Crippen LogP contribution is -2.55. The smallest absolute Gasteiger partial charge is 0.192 e. The summed E-state index contributed by atoms with van der Waals surface area (Å²) in [5.74, 6) is 0.768. The summed E-state index contributed by atoms with van der Waals surface area (Å²) in [7, 11) is 2.21. The molecule has 4 heteroatoms. The lowest BCUT2D eigenvalue weighted by Gasteiger charge is -2.42. The summed E-state index contributed by atoms with van der Waals surface area (Å²) in [4.78, 5) is 9.37. The fraction of sp³-hybridized carbons (Fsp3) is 0.923. The number of rotatable bonds is 2. The van der Waals surface area contributed by atoms with Crippen molar-refractivity contribution in [2.75, 3.05) is 26.7 Å². The van der Waals surface area contributed by atoms with Crippen LogP contribution in [0.15, 0.2) is 4.99 Å². The maximum absolute atomic E-state index is 6.11. The average Bonchev–Trinajstić information content (AvgIpc) is 2.51. The minimum atomic E-state index is 0.213. The molecule has 0 aliphatic carbocycles. The molecule has 1 spiro atoms. The van der Waals surface area contributed by atoms with Gasteiger partial charge in [-0.3, -0.25) is 4.99 Å². The van der Waals surface area contributed by atoms with Crippen molar-refractivity contribution in [3.05, 3.63) is 0 Å². The molecule has 1 fully saturated rings. The van der Waals surface area contributed by atoms with Gasteiger partial charge >= 0.3 is 0 Å². The van der Waals surface area contributed by atoms with Gasteiger partial charge in [-0.05, 0) is 46.2 Å². The number of nitrogens with two attached hydrogens (primary N) is 1. The maximum atomic E-state index is 6.11. The Morgan fingerprint density at radius 2 is 2.18 bits per heavy atom. The lowest BCUT2D eigenvalue weighted by atomic mass is 9.88. The minimum Gasteiger partial charge on any atom is -0.370 e. The van der Waals surface area contributed by atoms with E-state index in [0.717, 1.165) is 25.5 Å². The SMILES string of the molecule is CCC(C)N1C(N)=NCC12CCCN(C)CC2. The molecule has 0 amide bonds. The van der Waals surface area contributed by atoms with Gasteiger partial charge in [-0.1, -0.05) is 6.92 Å². The van der Waals surface area contributed by atoms with E-state index >= 15 is 0 Å². The molecule has 0 bridgehead atoms. The van der Waals surface area contributed by atoms with Gasteiger partial charge < -0.3 is 15.5 Å². The van der Waals surface area contributed by atoms with Crippen LogP contribution in [0.1, 0.15) is 39.5 Å². The molecule has 98 valence electrons. The van der Waals surface area contributed by atoms with Crippen molar-refractivity contribution in [3.8, 4) is 0 Å². The Balaban J connectivity index is 2.18. The summed E-state index contributed by atoms with van der Waals surface area (Å²) in [5.41, 5.74) is 6.32. The van der Waals surface area contributed by atoms with Gasteiger partial charge in [0.15, 0.2) is 5.96 Å². The van der Waals surface area contributed by atoms with Crippen LogP contribution in [0, 0.1) is 0 Å². The van der Waals surface area contributed by atoms with E-state index in [4.69, 9.17) is 5.73 Å². The van der Waals surface area contributed by atoms with Crippen molar-refractivity contribution in [1.82, 2.24) is 9.80 Å². The zero-order valence-electron chi connectivity index (χ0n) is 11.4. The topological polar surface area (TPSA) is 44.9 Å². The molecule has 0 aromatic rings. The highest BCUT2D eigenvalue weighted by molar-refractivity contribution is 5.81. The Labute approximate surface area is 105 Å². The third-order valence-corrected chi connectivity index (χ3v) is 4.47. The van der Waals surface area contributed by atoms with Crippen LogP contribution in [-0.2, 0) is 0 Å². The van der Waals surface area contributed by atoms with Crippen LogP contribution in [0.25, 0.3) is 0 Å². The Morgan fingerprint density at radius 3 is 2.88 bits per heavy atom. The molecule has 2 rings (SSSR count). The summed E-state index contributed by atoms with van der Waals surface area (Å²) in [5, 5.41) is 0. The van der Waals surface area contributed by atoms with E-state index in [9.17, 15) is 0 Å². The molecule has 2 aliphatic heterocycles. The first-order chi connectivity index (χ1) is 8.09. The number of hydrogen-bond donors (Lipinski definition) is 1. The molecule has 4 nitrogen and oxygen atoms in total. The average molecular weight is 238 g/mol. The van der Waals surface area contributed by atoms with Gasteiger partial charge in [-0.25, -0.2) is 0 Å². The Hall–Kier alpha value is -0.770. The van der Waals surface area contributed by atoms with Gasteiger partial charge in [0.2, 0.25) is 0 Å². The second kappa shape index (κ2) is 4.84. The van der Waals surface area contributed by atoms with Gasteiger partial charge in [-0.15, -0.1) is 0 Å². The van der Waals surface area contributed by atoms with E-state index in [-0.39, 0.29) is 5.54 Å². The van der Waals surface area contributed by atoms with Crippen LogP contribution in [0.5, 0.6) is 0 Å². The third-order valence-electron chi connectivity index (χ3n) is 4.47. The zero-order valence-corrected chi connectivity index (χ0v) is 11.4. The molecular formula is C13H26N4. The van der Waals surface area contributed by atoms with Crippen molar-refractivity contribution >= 4 is 5.96 Å². The standard InChI is InChI=1S/C13H26N4/c1-4-11(2)17-12(14)15-10-13(17)6-5-8-16(3)9-7-13/h11H,4-10H2,1-3H3,(H2,14,15). The fourth-order valence-electron chi connectivity index (χ4n) is 3.21. The molecule has 0 radical (unpaired) electrons. The molecule has 2 atom stereocenters. The molecule has 1 saturated heterocycles. The van der Waals surface area contributed by atoms with Crippen molar-refractivity contribution in [3.63, 3.8) is 0 Å². The van der Waals surface area contributed by atoms with Gasteiger partial charge in [-0.2, -0.15) is 0 Å². The van der Waals surface area contributed by atoms with Gasteiger partial charge in [0, 0.05) is 12.6 Å². The van der Waals surface area contributed by atoms with Crippen molar-refractivity contribution < 1.29 is 0 Å². The number of likely N-dealkylation sites (tertiary alicyclic amines) is 1. The highest BCUT2D eigenvalue weighted by Gasteiger charge is 2.44. The van der Waals surface area contributed by atoms with Crippen LogP contribution in [-0.4, -0.2) is 54.0 Å². The number of hydrogen-bond acceptors (Lipinski definition) is 4. The van der Waals surface area contributed by atoms with Gasteiger partial charge in [0.25, 0.3) is 0 Å². The van der Waals surface area contributed by atoms with Crippen LogP contribution in [0.4, 0.5) is 0 Å². The van der Waals surface area contributed by atoms with Crippen molar-refractivity contribution in [1.29, 1.82) is 0 Å². The molecular weight excluding hydrogens is 212 g/mol. The first-order valence-corrected chi connectivity index (χ1v) is 6.87. The molecule has 17 heavy (non-hydrogen) atoms. The van der Waals surface area contributed by atoms with E-state index in [1.807, 2.05) is 0 Å². The molecule has 2 heterocycles. The second-order valence-corrected chi connectivity index (χ2v) is 5.68. The highest BCUT2D eigenvalue weighted by Crippen LogP contribution is 2.34. The molecule has 2 N–H and O–H groups in total. The summed E-state index contributed by atoms with van der Waals surface area (Å²) in [6, 6.07) is 0.504. The largest absolute Gasteiger partial charge is 0.370 e. The summed E-state index contributed by atoms with van der Waals surface area (Å²) in [6.45, 7) is 7.76. The van der Waals surface area contributed by atoms with Crippen LogP contribution >= 0.6 is 0 Å². The first-order valence-electron chi connectivity index (χ1n) is 6.87. The van der Waals surface area contributed by atoms with Gasteiger partial charge in [0.05, 0.1) is 12.1 Å².